The minimum absolute atomic E-state index is 0.00378. The van der Waals surface area contributed by atoms with Crippen molar-refractivity contribution in [3.63, 3.8) is 0 Å². The second-order valence-corrected chi connectivity index (χ2v) is 7.40. The van der Waals surface area contributed by atoms with Gasteiger partial charge in [-0.1, -0.05) is 6.07 Å². The molecule has 24 heavy (non-hydrogen) atoms. The second-order valence-electron chi connectivity index (χ2n) is 5.57. The summed E-state index contributed by atoms with van der Waals surface area (Å²) >= 11 is 0. The van der Waals surface area contributed by atoms with Crippen molar-refractivity contribution in [2.24, 2.45) is 0 Å². The molecule has 0 aliphatic carbocycles. The molecule has 1 aliphatic heterocycles. The van der Waals surface area contributed by atoms with Crippen LogP contribution < -0.4 is 9.04 Å². The van der Waals surface area contributed by atoms with Gasteiger partial charge >= 0.3 is 0 Å². The first-order valence-electron chi connectivity index (χ1n) is 7.34. The molecule has 2 aromatic rings. The number of carbonyl (C=O) groups is 1. The fourth-order valence-corrected chi connectivity index (χ4v) is 4.49. The summed E-state index contributed by atoms with van der Waals surface area (Å²) < 4.78 is 46.0. The van der Waals surface area contributed by atoms with Gasteiger partial charge in [0.2, 0.25) is 0 Å². The van der Waals surface area contributed by atoms with Crippen LogP contribution in [0.1, 0.15) is 22.3 Å². The minimum Gasteiger partial charge on any atom is -0.495 e. The van der Waals surface area contributed by atoms with Crippen LogP contribution >= 0.6 is 0 Å². The van der Waals surface area contributed by atoms with Gasteiger partial charge in [0.25, 0.3) is 10.0 Å². The van der Waals surface area contributed by atoms with E-state index in [1.54, 1.807) is 19.1 Å². The Balaban J connectivity index is 2.18. The van der Waals surface area contributed by atoms with E-state index in [-0.39, 0.29) is 40.6 Å². The van der Waals surface area contributed by atoms with E-state index in [1.807, 2.05) is 0 Å². The van der Waals surface area contributed by atoms with E-state index < -0.39 is 15.8 Å². The number of aryl methyl sites for hydroxylation is 1. The molecular formula is C17H16FNO4S. The molecule has 5 nitrogen and oxygen atoms in total. The lowest BCUT2D eigenvalue weighted by atomic mass is 10.0. The van der Waals surface area contributed by atoms with Crippen LogP contribution in [0.25, 0.3) is 0 Å². The maximum absolute atomic E-state index is 13.4. The third kappa shape index (κ3) is 2.65. The van der Waals surface area contributed by atoms with Gasteiger partial charge in [-0.3, -0.25) is 9.10 Å². The standard InChI is InChI=1S/C17H16FNO4S/c1-11-3-6-16(23-2)17(9-11)24(21,22)19-8-7-15(20)13-10-12(18)4-5-14(13)19/h3-6,9-10H,7-8H2,1-2H3. The van der Waals surface area contributed by atoms with Crippen LogP contribution in [-0.4, -0.2) is 27.9 Å². The Morgan fingerprint density at radius 3 is 2.62 bits per heavy atom. The summed E-state index contributed by atoms with van der Waals surface area (Å²) in [6.45, 7) is 1.79. The molecule has 2 aromatic carbocycles. The first kappa shape index (κ1) is 16.4. The molecule has 0 aromatic heterocycles. The molecule has 0 spiro atoms. The van der Waals surface area contributed by atoms with Crippen LogP contribution in [0.3, 0.4) is 0 Å². The van der Waals surface area contributed by atoms with Crippen LogP contribution in [0.2, 0.25) is 0 Å². The zero-order chi connectivity index (χ0) is 17.5. The van der Waals surface area contributed by atoms with Gasteiger partial charge in [0.1, 0.15) is 16.5 Å². The highest BCUT2D eigenvalue weighted by atomic mass is 32.2. The van der Waals surface area contributed by atoms with Gasteiger partial charge in [-0.15, -0.1) is 0 Å². The number of benzene rings is 2. The average molecular weight is 349 g/mol. The first-order chi connectivity index (χ1) is 11.3. The number of rotatable bonds is 3. The van der Waals surface area contributed by atoms with Gasteiger partial charge in [-0.25, -0.2) is 12.8 Å². The van der Waals surface area contributed by atoms with Crippen molar-refractivity contribution in [1.29, 1.82) is 0 Å². The molecule has 0 N–H and O–H groups in total. The largest absolute Gasteiger partial charge is 0.495 e. The number of nitrogens with zero attached hydrogens (tertiary/aromatic N) is 1. The van der Waals surface area contributed by atoms with Crippen molar-refractivity contribution in [3.8, 4) is 5.75 Å². The van der Waals surface area contributed by atoms with Gasteiger partial charge in [0.05, 0.1) is 12.8 Å². The second kappa shape index (κ2) is 5.90. The Morgan fingerprint density at radius 2 is 1.92 bits per heavy atom. The summed E-state index contributed by atoms with van der Waals surface area (Å²) in [6.07, 6.45) is 0.00378. The number of sulfonamides is 1. The number of methoxy groups -OCH3 is 1. The SMILES string of the molecule is COc1ccc(C)cc1S(=O)(=O)N1CCC(=O)c2cc(F)ccc21. The molecule has 0 saturated carbocycles. The Labute approximate surface area is 139 Å². The lowest BCUT2D eigenvalue weighted by Gasteiger charge is -2.30. The maximum atomic E-state index is 13.4. The van der Waals surface area contributed by atoms with E-state index in [4.69, 9.17) is 4.74 Å². The molecule has 7 heteroatoms. The molecular weight excluding hydrogens is 333 g/mol. The Bertz CT molecular complexity index is 924. The molecule has 1 heterocycles. The molecule has 0 bridgehead atoms. The van der Waals surface area contributed by atoms with Crippen LogP contribution in [0.4, 0.5) is 10.1 Å². The molecule has 3 rings (SSSR count). The maximum Gasteiger partial charge on any atom is 0.268 e. The number of halogens is 1. The van der Waals surface area contributed by atoms with Gasteiger partial charge in [0.15, 0.2) is 5.78 Å². The van der Waals surface area contributed by atoms with Crippen molar-refractivity contribution in [2.45, 2.75) is 18.2 Å². The summed E-state index contributed by atoms with van der Waals surface area (Å²) in [4.78, 5) is 12.0. The topological polar surface area (TPSA) is 63.7 Å². The zero-order valence-corrected chi connectivity index (χ0v) is 14.1. The zero-order valence-electron chi connectivity index (χ0n) is 13.2. The number of fused-ring (bicyclic) bond motifs is 1. The van der Waals surface area contributed by atoms with Crippen molar-refractivity contribution in [2.75, 3.05) is 18.0 Å². The predicted molar refractivity (Wildman–Crippen MR) is 87.6 cm³/mol. The molecule has 0 unspecified atom stereocenters. The number of ketones is 1. The quantitative estimate of drug-likeness (QED) is 0.855. The van der Waals surface area contributed by atoms with Gasteiger partial charge in [0, 0.05) is 18.5 Å². The van der Waals surface area contributed by atoms with Crippen LogP contribution in [-0.2, 0) is 10.0 Å². The number of hydrogen-bond acceptors (Lipinski definition) is 4. The fraction of sp³-hybridized carbons (Fsp3) is 0.235. The Hall–Kier alpha value is -2.41. The molecule has 0 saturated heterocycles. The van der Waals surface area contributed by atoms with Crippen LogP contribution in [0.5, 0.6) is 5.75 Å². The van der Waals surface area contributed by atoms with Gasteiger partial charge in [-0.2, -0.15) is 0 Å². The fourth-order valence-electron chi connectivity index (χ4n) is 2.76. The lowest BCUT2D eigenvalue weighted by molar-refractivity contribution is 0.0981. The van der Waals surface area contributed by atoms with Crippen LogP contribution in [0, 0.1) is 12.7 Å². The Kier molecular flexibility index (Phi) is 4.04. The van der Waals surface area contributed by atoms with Crippen molar-refractivity contribution < 1.29 is 22.3 Å². The van der Waals surface area contributed by atoms with E-state index in [0.717, 1.165) is 22.0 Å². The van der Waals surface area contributed by atoms with E-state index in [2.05, 4.69) is 0 Å². The molecule has 0 amide bonds. The van der Waals surface area contributed by atoms with E-state index in [9.17, 15) is 17.6 Å². The summed E-state index contributed by atoms with van der Waals surface area (Å²) in [5.41, 5.74) is 1.04. The third-order valence-electron chi connectivity index (χ3n) is 3.96. The monoisotopic (exact) mass is 349 g/mol. The number of anilines is 1. The lowest BCUT2D eigenvalue weighted by Crippen LogP contribution is -2.37. The normalized spacial score (nSPS) is 14.5. The molecule has 0 fully saturated rings. The summed E-state index contributed by atoms with van der Waals surface area (Å²) in [5.74, 6) is -0.622. The number of ether oxygens (including phenoxy) is 1. The van der Waals surface area contributed by atoms with Gasteiger partial charge in [-0.05, 0) is 42.8 Å². The van der Waals surface area contributed by atoms with E-state index >= 15 is 0 Å². The van der Waals surface area contributed by atoms with Crippen molar-refractivity contribution in [3.05, 3.63) is 53.3 Å². The number of hydrogen-bond donors (Lipinski definition) is 0. The van der Waals surface area contributed by atoms with Gasteiger partial charge < -0.3 is 4.74 Å². The van der Waals surface area contributed by atoms with E-state index in [1.165, 1.54) is 19.2 Å². The number of Topliss-reactive ketones (excluding diaryl/α,β-unsaturated/α-hetero) is 1. The predicted octanol–water partition coefficient (Wildman–Crippen LogP) is 2.92. The molecule has 0 atom stereocenters. The smallest absolute Gasteiger partial charge is 0.268 e. The van der Waals surface area contributed by atoms with Crippen molar-refractivity contribution >= 4 is 21.5 Å². The number of carbonyl (C=O) groups excluding carboxylic acids is 1. The minimum atomic E-state index is -3.94. The molecule has 0 radical (unpaired) electrons. The van der Waals surface area contributed by atoms with Crippen LogP contribution in [0.15, 0.2) is 41.3 Å². The highest BCUT2D eigenvalue weighted by molar-refractivity contribution is 7.93. The summed E-state index contributed by atoms with van der Waals surface area (Å²) in [7, 11) is -2.55. The summed E-state index contributed by atoms with van der Waals surface area (Å²) in [6, 6.07) is 8.40. The molecule has 1 aliphatic rings. The third-order valence-corrected chi connectivity index (χ3v) is 5.79. The average Bonchev–Trinajstić information content (AvgIpc) is 2.55. The van der Waals surface area contributed by atoms with E-state index in [0.29, 0.717) is 0 Å². The van der Waals surface area contributed by atoms with Crippen molar-refractivity contribution in [1.82, 2.24) is 0 Å². The molecule has 126 valence electrons. The highest BCUT2D eigenvalue weighted by Crippen LogP contribution is 2.35. The Morgan fingerprint density at radius 1 is 1.17 bits per heavy atom. The highest BCUT2D eigenvalue weighted by Gasteiger charge is 2.34. The first-order valence-corrected chi connectivity index (χ1v) is 8.79. The summed E-state index contributed by atoms with van der Waals surface area (Å²) in [5, 5.41) is 0.